The van der Waals surface area contributed by atoms with Crippen LogP contribution in [-0.2, 0) is 11.7 Å². The zero-order chi connectivity index (χ0) is 21.2. The number of ketones is 1. The van der Waals surface area contributed by atoms with Crippen LogP contribution < -0.4 is 0 Å². The highest BCUT2D eigenvalue weighted by molar-refractivity contribution is 6.06. The Bertz CT molecular complexity index is 1140. The Morgan fingerprint density at radius 2 is 1.37 bits per heavy atom. The highest BCUT2D eigenvalue weighted by Gasteiger charge is 2.46. The highest BCUT2D eigenvalue weighted by Crippen LogP contribution is 2.39. The first-order valence-corrected chi connectivity index (χ1v) is 9.12. The number of alkyl halides is 3. The van der Waals surface area contributed by atoms with Crippen molar-refractivity contribution < 1.29 is 18.0 Å². The lowest BCUT2D eigenvalue weighted by atomic mass is 9.76. The van der Waals surface area contributed by atoms with Gasteiger partial charge in [-0.3, -0.25) is 4.79 Å². The van der Waals surface area contributed by atoms with Crippen LogP contribution in [0.25, 0.3) is 0 Å². The Balaban J connectivity index is 2.08. The molecule has 0 N–H and O–H groups in total. The summed E-state index contributed by atoms with van der Waals surface area (Å²) in [6.45, 7) is 0. The van der Waals surface area contributed by atoms with Gasteiger partial charge in [-0.05, 0) is 23.3 Å². The number of hydrogen-bond donors (Lipinski definition) is 0. The van der Waals surface area contributed by atoms with Gasteiger partial charge in [0, 0.05) is 5.56 Å². The molecule has 4 nitrogen and oxygen atoms in total. The van der Waals surface area contributed by atoms with Crippen molar-refractivity contribution in [1.82, 2.24) is 14.8 Å². The molecule has 4 rings (SSSR count). The summed E-state index contributed by atoms with van der Waals surface area (Å²) in [7, 11) is 0. The molecule has 0 aliphatic rings. The molecule has 1 aromatic heterocycles. The number of hydrogen-bond acceptors (Lipinski definition) is 3. The number of carbonyl (C=O) groups excluding carboxylic acids is 1. The smallest absolute Gasteiger partial charge is 0.291 e. The molecule has 0 saturated heterocycles. The summed E-state index contributed by atoms with van der Waals surface area (Å²) in [6, 6.07) is 21.8. The van der Waals surface area contributed by atoms with E-state index in [1.54, 1.807) is 60.7 Å². The van der Waals surface area contributed by atoms with Crippen LogP contribution >= 0.6 is 0 Å². The Morgan fingerprint density at radius 3 is 1.97 bits per heavy atom. The molecule has 30 heavy (non-hydrogen) atoms. The molecule has 0 spiro atoms. The number of benzene rings is 3. The summed E-state index contributed by atoms with van der Waals surface area (Å²) >= 11 is 0. The van der Waals surface area contributed by atoms with Crippen molar-refractivity contribution in [2.75, 3.05) is 0 Å². The minimum absolute atomic E-state index is 0.142. The maximum absolute atomic E-state index is 14.0. The topological polar surface area (TPSA) is 47.8 Å². The SMILES string of the molecule is O=C(c1ccccc1)C(c1ccccc1)(c1cccc(C(F)(F)F)c1)n1cncn1. The van der Waals surface area contributed by atoms with Crippen molar-refractivity contribution in [3.05, 3.63) is 120 Å². The molecule has 4 aromatic rings. The first-order valence-electron chi connectivity index (χ1n) is 9.12. The van der Waals surface area contributed by atoms with Crippen molar-refractivity contribution >= 4 is 5.78 Å². The zero-order valence-corrected chi connectivity index (χ0v) is 15.6. The molecular formula is C23H16F3N3O. The highest BCUT2D eigenvalue weighted by atomic mass is 19.4. The van der Waals surface area contributed by atoms with E-state index in [-0.39, 0.29) is 5.56 Å². The van der Waals surface area contributed by atoms with Gasteiger partial charge in [-0.15, -0.1) is 0 Å². The lowest BCUT2D eigenvalue weighted by Gasteiger charge is -2.34. The van der Waals surface area contributed by atoms with E-state index in [1.807, 2.05) is 0 Å². The van der Waals surface area contributed by atoms with Crippen molar-refractivity contribution in [2.24, 2.45) is 0 Å². The van der Waals surface area contributed by atoms with Crippen LogP contribution in [0.5, 0.6) is 0 Å². The Kier molecular flexibility index (Phi) is 4.95. The van der Waals surface area contributed by atoms with E-state index in [0.29, 0.717) is 11.1 Å². The number of rotatable bonds is 5. The molecule has 1 atom stereocenters. The average molecular weight is 407 g/mol. The molecule has 0 aliphatic carbocycles. The minimum atomic E-state index is -4.56. The number of Topliss-reactive ketones (excluding diaryl/α,β-unsaturated/α-hetero) is 1. The molecule has 0 fully saturated rings. The first-order chi connectivity index (χ1) is 14.4. The Hall–Kier alpha value is -3.74. The van der Waals surface area contributed by atoms with Gasteiger partial charge in [-0.2, -0.15) is 18.3 Å². The van der Waals surface area contributed by atoms with E-state index < -0.39 is 23.1 Å². The largest absolute Gasteiger partial charge is 0.416 e. The van der Waals surface area contributed by atoms with Crippen LogP contribution in [0.4, 0.5) is 13.2 Å². The first kappa shape index (κ1) is 19.6. The van der Waals surface area contributed by atoms with E-state index in [0.717, 1.165) is 12.1 Å². The van der Waals surface area contributed by atoms with Gasteiger partial charge < -0.3 is 0 Å². The van der Waals surface area contributed by atoms with Crippen molar-refractivity contribution in [3.63, 3.8) is 0 Å². The van der Waals surface area contributed by atoms with Gasteiger partial charge in [-0.1, -0.05) is 72.8 Å². The molecule has 0 radical (unpaired) electrons. The molecule has 0 amide bonds. The zero-order valence-electron chi connectivity index (χ0n) is 15.6. The molecule has 0 saturated carbocycles. The van der Waals surface area contributed by atoms with Crippen LogP contribution in [0.3, 0.4) is 0 Å². The second kappa shape index (κ2) is 7.59. The molecule has 3 aromatic carbocycles. The molecule has 0 bridgehead atoms. The molecule has 0 aliphatic heterocycles. The molecular weight excluding hydrogens is 391 g/mol. The van der Waals surface area contributed by atoms with Crippen LogP contribution in [0.15, 0.2) is 97.6 Å². The second-order valence-electron chi connectivity index (χ2n) is 6.69. The quantitative estimate of drug-likeness (QED) is 0.439. The molecule has 7 heteroatoms. The second-order valence-corrected chi connectivity index (χ2v) is 6.69. The number of halogens is 3. The predicted molar refractivity (Wildman–Crippen MR) is 105 cm³/mol. The maximum atomic E-state index is 14.0. The maximum Gasteiger partial charge on any atom is 0.416 e. The van der Waals surface area contributed by atoms with Crippen molar-refractivity contribution in [3.8, 4) is 0 Å². The standard InChI is InChI=1S/C23H16F3N3O/c24-23(25,26)20-13-7-12-19(14-20)22(29-16-27-15-28-29,18-10-5-2-6-11-18)21(30)17-8-3-1-4-9-17/h1-16H. The Labute approximate surface area is 170 Å². The summed E-state index contributed by atoms with van der Waals surface area (Å²) < 4.78 is 41.8. The van der Waals surface area contributed by atoms with Gasteiger partial charge in [0.2, 0.25) is 0 Å². The van der Waals surface area contributed by atoms with Gasteiger partial charge in [0.1, 0.15) is 12.7 Å². The van der Waals surface area contributed by atoms with Gasteiger partial charge in [-0.25, -0.2) is 9.67 Å². The van der Waals surface area contributed by atoms with Crippen LogP contribution in [0, 0.1) is 0 Å². The summed E-state index contributed by atoms with van der Waals surface area (Å²) in [5.74, 6) is -0.417. The monoisotopic (exact) mass is 407 g/mol. The summed E-state index contributed by atoms with van der Waals surface area (Å²) in [5.41, 5.74) is -1.55. The third-order valence-electron chi connectivity index (χ3n) is 4.93. The minimum Gasteiger partial charge on any atom is -0.291 e. The fraction of sp³-hybridized carbons (Fsp3) is 0.0870. The molecule has 1 unspecified atom stereocenters. The predicted octanol–water partition coefficient (Wildman–Crippen LogP) is 4.97. The number of aromatic nitrogens is 3. The van der Waals surface area contributed by atoms with Crippen molar-refractivity contribution in [1.29, 1.82) is 0 Å². The Morgan fingerprint density at radius 1 is 0.767 bits per heavy atom. The number of carbonyl (C=O) groups is 1. The summed E-state index contributed by atoms with van der Waals surface area (Å²) in [5, 5.41) is 4.18. The van der Waals surface area contributed by atoms with E-state index in [9.17, 15) is 18.0 Å². The average Bonchev–Trinajstić information content (AvgIpc) is 3.30. The number of nitrogens with zero attached hydrogens (tertiary/aromatic N) is 3. The fourth-order valence-electron chi connectivity index (χ4n) is 3.58. The van der Waals surface area contributed by atoms with Crippen LogP contribution in [-0.4, -0.2) is 20.5 Å². The summed E-state index contributed by atoms with van der Waals surface area (Å²) in [4.78, 5) is 17.9. The normalized spacial score (nSPS) is 13.6. The third kappa shape index (κ3) is 3.28. The lowest BCUT2D eigenvalue weighted by molar-refractivity contribution is -0.137. The molecule has 150 valence electrons. The van der Waals surface area contributed by atoms with Crippen LogP contribution in [0.2, 0.25) is 0 Å². The van der Waals surface area contributed by atoms with E-state index in [1.165, 1.54) is 29.5 Å². The van der Waals surface area contributed by atoms with Crippen molar-refractivity contribution in [2.45, 2.75) is 11.7 Å². The van der Waals surface area contributed by atoms with Gasteiger partial charge in [0.05, 0.1) is 5.56 Å². The summed E-state index contributed by atoms with van der Waals surface area (Å²) in [6.07, 6.45) is -1.96. The van der Waals surface area contributed by atoms with Gasteiger partial charge in [0.15, 0.2) is 11.3 Å². The van der Waals surface area contributed by atoms with E-state index >= 15 is 0 Å². The van der Waals surface area contributed by atoms with E-state index in [4.69, 9.17) is 0 Å². The molecule has 1 heterocycles. The lowest BCUT2D eigenvalue weighted by Crippen LogP contribution is -2.45. The van der Waals surface area contributed by atoms with Crippen LogP contribution in [0.1, 0.15) is 27.0 Å². The van der Waals surface area contributed by atoms with Gasteiger partial charge in [0.25, 0.3) is 0 Å². The fourth-order valence-corrected chi connectivity index (χ4v) is 3.58. The van der Waals surface area contributed by atoms with Gasteiger partial charge >= 0.3 is 6.18 Å². The van der Waals surface area contributed by atoms with E-state index in [2.05, 4.69) is 10.1 Å². The third-order valence-corrected chi connectivity index (χ3v) is 4.93.